The van der Waals surface area contributed by atoms with E-state index >= 15 is 0 Å². The van der Waals surface area contributed by atoms with Crippen LogP contribution in [0.25, 0.3) is 0 Å². The first-order valence-corrected chi connectivity index (χ1v) is 9.16. The Morgan fingerprint density at radius 1 is 1.46 bits per heavy atom. The highest BCUT2D eigenvalue weighted by Crippen LogP contribution is 2.34. The van der Waals surface area contributed by atoms with Crippen LogP contribution in [0, 0.1) is 0 Å². The van der Waals surface area contributed by atoms with E-state index in [2.05, 4.69) is 4.98 Å². The Bertz CT molecular complexity index is 682. The molecular formula is C16H18Cl2N2O3S. The van der Waals surface area contributed by atoms with E-state index < -0.39 is 5.60 Å². The lowest BCUT2D eigenvalue weighted by atomic mass is 9.95. The molecule has 0 aliphatic rings. The van der Waals surface area contributed by atoms with Gasteiger partial charge in [-0.1, -0.05) is 29.3 Å². The van der Waals surface area contributed by atoms with Crippen molar-refractivity contribution in [1.82, 2.24) is 9.55 Å². The Hall–Kier alpha value is -1.21. The molecule has 1 heterocycles. The van der Waals surface area contributed by atoms with Gasteiger partial charge in [-0.3, -0.25) is 4.79 Å². The fourth-order valence-electron chi connectivity index (χ4n) is 2.24. The molecule has 0 aliphatic heterocycles. The summed E-state index contributed by atoms with van der Waals surface area (Å²) in [5.74, 6) is 0.648. The average molecular weight is 389 g/mol. The fraction of sp³-hybridized carbons (Fsp3) is 0.375. The molecule has 5 nitrogen and oxygen atoms in total. The fourth-order valence-corrected chi connectivity index (χ4v) is 3.76. The van der Waals surface area contributed by atoms with Gasteiger partial charge in [0.15, 0.2) is 0 Å². The van der Waals surface area contributed by atoms with Crippen molar-refractivity contribution in [2.75, 3.05) is 18.1 Å². The lowest BCUT2D eigenvalue weighted by molar-refractivity contribution is -0.140. The van der Waals surface area contributed by atoms with Gasteiger partial charge in [-0.25, -0.2) is 4.98 Å². The third-order valence-corrected chi connectivity index (χ3v) is 4.99. The van der Waals surface area contributed by atoms with E-state index in [9.17, 15) is 9.90 Å². The number of carbonyl (C=O) groups is 1. The maximum absolute atomic E-state index is 11.2. The van der Waals surface area contributed by atoms with E-state index in [0.29, 0.717) is 40.3 Å². The maximum atomic E-state index is 11.2. The molecule has 0 amide bonds. The van der Waals surface area contributed by atoms with Crippen molar-refractivity contribution < 1.29 is 14.6 Å². The zero-order valence-corrected chi connectivity index (χ0v) is 15.4. The number of benzene rings is 1. The van der Waals surface area contributed by atoms with Crippen molar-refractivity contribution in [3.05, 3.63) is 52.5 Å². The van der Waals surface area contributed by atoms with Gasteiger partial charge in [0.2, 0.25) is 0 Å². The number of aliphatic hydroxyl groups is 1. The summed E-state index contributed by atoms with van der Waals surface area (Å²) >= 11 is 13.7. The molecule has 1 aromatic carbocycles. The van der Waals surface area contributed by atoms with Crippen LogP contribution in [0.2, 0.25) is 10.0 Å². The molecule has 0 saturated heterocycles. The minimum absolute atomic E-state index is 0.301. The molecule has 24 heavy (non-hydrogen) atoms. The van der Waals surface area contributed by atoms with Gasteiger partial charge in [0, 0.05) is 46.4 Å². The van der Waals surface area contributed by atoms with Gasteiger partial charge in [-0.2, -0.15) is 11.8 Å². The molecule has 0 radical (unpaired) electrons. The summed E-state index contributed by atoms with van der Waals surface area (Å²) in [7, 11) is 0. The number of imidazole rings is 1. The van der Waals surface area contributed by atoms with Gasteiger partial charge >= 0.3 is 5.97 Å². The number of esters is 1. The third-order valence-electron chi connectivity index (χ3n) is 3.31. The van der Waals surface area contributed by atoms with Crippen LogP contribution in [-0.2, 0) is 21.7 Å². The first-order chi connectivity index (χ1) is 11.4. The lowest BCUT2D eigenvalue weighted by Gasteiger charge is -2.30. The van der Waals surface area contributed by atoms with Crippen LogP contribution in [-0.4, -0.2) is 38.7 Å². The highest BCUT2D eigenvalue weighted by molar-refractivity contribution is 7.99. The molecule has 0 aliphatic carbocycles. The van der Waals surface area contributed by atoms with Crippen LogP contribution in [0.4, 0.5) is 0 Å². The highest BCUT2D eigenvalue weighted by atomic mass is 35.5. The Balaban J connectivity index is 2.13. The normalized spacial score (nSPS) is 13.5. The van der Waals surface area contributed by atoms with Crippen LogP contribution >= 0.6 is 35.0 Å². The smallest absolute Gasteiger partial charge is 0.302 e. The number of hydrogen-bond donors (Lipinski definition) is 1. The summed E-state index contributed by atoms with van der Waals surface area (Å²) in [6.45, 7) is 1.97. The minimum atomic E-state index is -1.21. The van der Waals surface area contributed by atoms with Gasteiger partial charge in [0.25, 0.3) is 0 Å². The second kappa shape index (κ2) is 8.76. The topological polar surface area (TPSA) is 64.3 Å². The molecule has 130 valence electrons. The number of halogens is 2. The molecule has 1 N–H and O–H groups in total. The van der Waals surface area contributed by atoms with E-state index in [0.717, 1.165) is 0 Å². The number of thioether (sulfide) groups is 1. The summed E-state index contributed by atoms with van der Waals surface area (Å²) in [5, 5.41) is 12.1. The second-order valence-corrected chi connectivity index (χ2v) is 7.23. The number of aromatic nitrogens is 2. The number of carbonyl (C=O) groups excluding carboxylic acids is 1. The summed E-state index contributed by atoms with van der Waals surface area (Å²) in [6.07, 6.45) is 5.06. The van der Waals surface area contributed by atoms with E-state index in [1.54, 1.807) is 41.5 Å². The van der Waals surface area contributed by atoms with Crippen molar-refractivity contribution in [1.29, 1.82) is 0 Å². The molecule has 0 bridgehead atoms. The minimum Gasteiger partial charge on any atom is -0.465 e. The van der Waals surface area contributed by atoms with Crippen molar-refractivity contribution in [2.24, 2.45) is 0 Å². The standard InChI is InChI=1S/C16H18Cl2N2O3S/c1-12(21)23-6-7-24-10-16(22,9-20-5-4-19-11-20)14-3-2-13(17)8-15(14)18/h2-5,8,11,22H,6-7,9-10H2,1H3. The van der Waals surface area contributed by atoms with Crippen molar-refractivity contribution in [2.45, 2.75) is 19.1 Å². The molecule has 2 aromatic rings. The zero-order chi connectivity index (χ0) is 17.6. The first kappa shape index (κ1) is 19.1. The highest BCUT2D eigenvalue weighted by Gasteiger charge is 2.32. The van der Waals surface area contributed by atoms with E-state index in [-0.39, 0.29) is 5.97 Å². The Morgan fingerprint density at radius 2 is 2.25 bits per heavy atom. The summed E-state index contributed by atoms with van der Waals surface area (Å²) in [5.41, 5.74) is -0.606. The van der Waals surface area contributed by atoms with Gasteiger partial charge < -0.3 is 14.4 Å². The molecule has 0 saturated carbocycles. The molecule has 8 heteroatoms. The SMILES string of the molecule is CC(=O)OCCSCC(O)(Cn1ccnc1)c1ccc(Cl)cc1Cl. The molecule has 0 fully saturated rings. The van der Waals surface area contributed by atoms with Gasteiger partial charge in [0.1, 0.15) is 12.2 Å². The molecule has 1 unspecified atom stereocenters. The van der Waals surface area contributed by atoms with Crippen LogP contribution in [0.3, 0.4) is 0 Å². The van der Waals surface area contributed by atoms with Gasteiger partial charge in [0.05, 0.1) is 12.9 Å². The Kier molecular flexibility index (Phi) is 6.98. The number of ether oxygens (including phenoxy) is 1. The Labute approximate surface area is 154 Å². The predicted molar refractivity (Wildman–Crippen MR) is 96.5 cm³/mol. The molecule has 2 rings (SSSR count). The van der Waals surface area contributed by atoms with Crippen LogP contribution < -0.4 is 0 Å². The summed E-state index contributed by atoms with van der Waals surface area (Å²) in [6, 6.07) is 5.04. The van der Waals surface area contributed by atoms with Crippen molar-refractivity contribution >= 4 is 40.9 Å². The Morgan fingerprint density at radius 3 is 2.88 bits per heavy atom. The van der Waals surface area contributed by atoms with E-state index in [4.69, 9.17) is 27.9 Å². The molecule has 1 aromatic heterocycles. The van der Waals surface area contributed by atoms with Crippen molar-refractivity contribution in [3.8, 4) is 0 Å². The zero-order valence-electron chi connectivity index (χ0n) is 13.1. The maximum Gasteiger partial charge on any atom is 0.302 e. The number of nitrogens with zero attached hydrogens (tertiary/aromatic N) is 2. The first-order valence-electron chi connectivity index (χ1n) is 7.25. The largest absolute Gasteiger partial charge is 0.465 e. The van der Waals surface area contributed by atoms with Gasteiger partial charge in [-0.05, 0) is 12.1 Å². The van der Waals surface area contributed by atoms with Crippen LogP contribution in [0.5, 0.6) is 0 Å². The van der Waals surface area contributed by atoms with Gasteiger partial charge in [-0.15, -0.1) is 0 Å². The predicted octanol–water partition coefficient (Wildman–Crippen LogP) is 3.37. The van der Waals surface area contributed by atoms with Crippen LogP contribution in [0.1, 0.15) is 12.5 Å². The summed E-state index contributed by atoms with van der Waals surface area (Å²) in [4.78, 5) is 14.8. The third kappa shape index (κ3) is 5.41. The molecule has 0 spiro atoms. The molecular weight excluding hydrogens is 371 g/mol. The molecule has 1 atom stereocenters. The van der Waals surface area contributed by atoms with E-state index in [1.807, 2.05) is 0 Å². The quantitative estimate of drug-likeness (QED) is 0.554. The second-order valence-electron chi connectivity index (χ2n) is 5.28. The van der Waals surface area contributed by atoms with Crippen molar-refractivity contribution in [3.63, 3.8) is 0 Å². The number of rotatable bonds is 8. The number of hydrogen-bond acceptors (Lipinski definition) is 5. The van der Waals surface area contributed by atoms with Crippen LogP contribution in [0.15, 0.2) is 36.9 Å². The van der Waals surface area contributed by atoms with E-state index in [1.165, 1.54) is 18.7 Å². The monoisotopic (exact) mass is 388 g/mol. The average Bonchev–Trinajstić information content (AvgIpc) is 2.99. The summed E-state index contributed by atoms with van der Waals surface area (Å²) < 4.78 is 6.70. The lowest BCUT2D eigenvalue weighted by Crippen LogP contribution is -2.34.